The van der Waals surface area contributed by atoms with E-state index in [1.54, 1.807) is 6.07 Å². The third-order valence-corrected chi connectivity index (χ3v) is 6.99. The van der Waals surface area contributed by atoms with Gasteiger partial charge in [0.05, 0.1) is 6.04 Å². The van der Waals surface area contributed by atoms with E-state index in [9.17, 15) is 31.4 Å². The molecule has 2 unspecified atom stereocenters. The van der Waals surface area contributed by atoms with Crippen molar-refractivity contribution in [2.24, 2.45) is 4.99 Å². The molecule has 190 valence electrons. The van der Waals surface area contributed by atoms with Gasteiger partial charge in [0, 0.05) is 16.9 Å². The molecule has 0 bridgehead atoms. The number of aryl methyl sites for hydroxylation is 1. The molecule has 3 aromatic carbocycles. The van der Waals surface area contributed by atoms with Gasteiger partial charge < -0.3 is 9.84 Å². The molecular weight excluding hydrogens is 504 g/mol. The lowest BCUT2D eigenvalue weighted by Gasteiger charge is -2.31. The summed E-state index contributed by atoms with van der Waals surface area (Å²) in [6.45, 7) is 0. The Morgan fingerprint density at radius 1 is 0.917 bits per heavy atom. The zero-order valence-corrected chi connectivity index (χ0v) is 19.5. The first-order chi connectivity index (χ1) is 16.9. The van der Waals surface area contributed by atoms with Crippen molar-refractivity contribution >= 4 is 18.0 Å². The monoisotopic (exact) mass is 525 g/mol. The van der Waals surface area contributed by atoms with Crippen molar-refractivity contribution in [3.05, 3.63) is 95.1 Å². The highest BCUT2D eigenvalue weighted by molar-refractivity contribution is 7.99. The minimum atomic E-state index is -5.04. The summed E-state index contributed by atoms with van der Waals surface area (Å²) in [5, 5.41) is 10.8. The van der Waals surface area contributed by atoms with Crippen LogP contribution < -0.4 is 4.74 Å². The molecular formula is C26H21F6NO2S. The zero-order valence-electron chi connectivity index (χ0n) is 18.7. The lowest BCUT2D eigenvalue weighted by atomic mass is 9.90. The average Bonchev–Trinajstić information content (AvgIpc) is 3.04. The summed E-state index contributed by atoms with van der Waals surface area (Å²) in [6.07, 6.45) is -7.16. The summed E-state index contributed by atoms with van der Waals surface area (Å²) in [6, 6.07) is 18.1. The van der Waals surface area contributed by atoms with Crippen LogP contribution in [-0.2, 0) is 12.0 Å². The van der Waals surface area contributed by atoms with Gasteiger partial charge in [0.25, 0.3) is 0 Å². The minimum Gasteiger partial charge on any atom is -0.406 e. The summed E-state index contributed by atoms with van der Waals surface area (Å²) in [4.78, 5) is 4.64. The largest absolute Gasteiger partial charge is 0.573 e. The van der Waals surface area contributed by atoms with Gasteiger partial charge in [-0.05, 0) is 59.4 Å². The third kappa shape index (κ3) is 6.04. The number of thioether (sulfide) groups is 1. The number of ether oxygens (including phenoxy) is 1. The number of nitrogens with zero attached hydrogens (tertiary/aromatic N) is 1. The van der Waals surface area contributed by atoms with Crippen LogP contribution in [-0.4, -0.2) is 29.6 Å². The Labute approximate surface area is 207 Å². The maximum Gasteiger partial charge on any atom is 0.573 e. The van der Waals surface area contributed by atoms with E-state index in [1.165, 1.54) is 30.5 Å². The number of fused-ring (bicyclic) bond motifs is 1. The molecule has 1 heterocycles. The maximum atomic E-state index is 14.1. The number of hydrogen-bond donors (Lipinski definition) is 1. The molecule has 2 atom stereocenters. The van der Waals surface area contributed by atoms with Crippen LogP contribution in [0.2, 0.25) is 0 Å². The smallest absolute Gasteiger partial charge is 0.406 e. The minimum absolute atomic E-state index is 0.0847. The van der Waals surface area contributed by atoms with E-state index in [4.69, 9.17) is 0 Å². The average molecular weight is 526 g/mol. The number of rotatable bonds is 6. The van der Waals surface area contributed by atoms with E-state index in [1.807, 2.05) is 30.3 Å². The van der Waals surface area contributed by atoms with E-state index < -0.39 is 29.6 Å². The van der Waals surface area contributed by atoms with Gasteiger partial charge in [0.2, 0.25) is 0 Å². The Bertz CT molecular complexity index is 1230. The molecule has 0 amide bonds. The van der Waals surface area contributed by atoms with Gasteiger partial charge in [0.15, 0.2) is 5.60 Å². The van der Waals surface area contributed by atoms with Crippen LogP contribution in [0.15, 0.2) is 82.7 Å². The standard InChI is InChI=1S/C26H21F6NO2S/c27-25(28,29)24(34,16-36-22-8-4-7-21(14-22)35-26(30,31)32)20-11-9-17-10-12-23(33-15-19(17)13-20)18-5-2-1-3-6-18/h1-9,11,13-15,23,34H,10,12,16H2. The van der Waals surface area contributed by atoms with Gasteiger partial charge in [0.1, 0.15) is 5.75 Å². The van der Waals surface area contributed by atoms with Gasteiger partial charge >= 0.3 is 12.5 Å². The number of aliphatic hydroxyl groups is 1. The number of benzene rings is 3. The highest BCUT2D eigenvalue weighted by Crippen LogP contribution is 2.44. The van der Waals surface area contributed by atoms with E-state index >= 15 is 0 Å². The van der Waals surface area contributed by atoms with Crippen molar-refractivity contribution in [3.8, 4) is 5.75 Å². The zero-order chi connectivity index (χ0) is 26.0. The summed E-state index contributed by atoms with van der Waals surface area (Å²) >= 11 is 0.577. The maximum absolute atomic E-state index is 14.1. The molecule has 0 spiro atoms. The third-order valence-electron chi connectivity index (χ3n) is 5.84. The molecule has 0 saturated heterocycles. The molecule has 36 heavy (non-hydrogen) atoms. The Morgan fingerprint density at radius 2 is 1.67 bits per heavy atom. The van der Waals surface area contributed by atoms with Gasteiger partial charge in [-0.3, -0.25) is 4.99 Å². The molecule has 0 saturated carbocycles. The second kappa shape index (κ2) is 10.2. The number of aliphatic imine (C=N–C) groups is 1. The van der Waals surface area contributed by atoms with Gasteiger partial charge in [-0.1, -0.05) is 48.5 Å². The molecule has 1 aliphatic rings. The summed E-state index contributed by atoms with van der Waals surface area (Å²) in [5.74, 6) is -1.42. The van der Waals surface area contributed by atoms with Crippen LogP contribution in [0.5, 0.6) is 5.75 Å². The van der Waals surface area contributed by atoms with Crippen molar-refractivity contribution in [1.29, 1.82) is 0 Å². The fraction of sp³-hybridized carbons (Fsp3) is 0.269. The first kappa shape index (κ1) is 26.1. The number of alkyl halides is 6. The summed E-state index contributed by atoms with van der Waals surface area (Å²) in [5.41, 5.74) is -1.31. The fourth-order valence-electron chi connectivity index (χ4n) is 3.94. The normalized spacial score (nSPS) is 17.7. The topological polar surface area (TPSA) is 41.8 Å². The molecule has 1 aliphatic heterocycles. The van der Waals surface area contributed by atoms with Gasteiger partial charge in [-0.2, -0.15) is 13.2 Å². The molecule has 10 heteroatoms. The van der Waals surface area contributed by atoms with Crippen LogP contribution >= 0.6 is 11.8 Å². The van der Waals surface area contributed by atoms with E-state index in [2.05, 4.69) is 9.73 Å². The SMILES string of the molecule is OC(CSc1cccc(OC(F)(F)F)c1)(c1ccc2c(c1)C=NC(c1ccccc1)CC2)C(F)(F)F. The summed E-state index contributed by atoms with van der Waals surface area (Å²) in [7, 11) is 0. The second-order valence-corrected chi connectivity index (χ2v) is 9.38. The van der Waals surface area contributed by atoms with Crippen molar-refractivity contribution in [2.75, 3.05) is 5.75 Å². The van der Waals surface area contributed by atoms with E-state index in [0.29, 0.717) is 30.2 Å². The first-order valence-electron chi connectivity index (χ1n) is 10.9. The predicted molar refractivity (Wildman–Crippen MR) is 125 cm³/mol. The Hall–Kier alpha value is -2.98. The van der Waals surface area contributed by atoms with E-state index in [0.717, 1.165) is 23.3 Å². The van der Waals surface area contributed by atoms with Crippen LogP contribution in [0.4, 0.5) is 26.3 Å². The molecule has 4 rings (SSSR count). The van der Waals surface area contributed by atoms with Crippen molar-refractivity contribution in [1.82, 2.24) is 0 Å². The molecule has 0 radical (unpaired) electrons. The molecule has 1 N–H and O–H groups in total. The van der Waals surface area contributed by atoms with Crippen molar-refractivity contribution in [2.45, 2.75) is 41.9 Å². The van der Waals surface area contributed by atoms with Crippen LogP contribution in [0.25, 0.3) is 0 Å². The molecule has 0 fully saturated rings. The van der Waals surface area contributed by atoms with Crippen LogP contribution in [0.1, 0.15) is 34.7 Å². The van der Waals surface area contributed by atoms with E-state index in [-0.39, 0.29) is 16.5 Å². The fourth-order valence-corrected chi connectivity index (χ4v) is 5.02. The van der Waals surface area contributed by atoms with Crippen LogP contribution in [0, 0.1) is 0 Å². The number of hydrogen-bond acceptors (Lipinski definition) is 4. The molecule has 3 aromatic rings. The second-order valence-electron chi connectivity index (χ2n) is 8.33. The quantitative estimate of drug-likeness (QED) is 0.273. The first-order valence-corrected chi connectivity index (χ1v) is 11.9. The highest BCUT2D eigenvalue weighted by atomic mass is 32.2. The Balaban J connectivity index is 1.59. The van der Waals surface area contributed by atoms with Crippen LogP contribution in [0.3, 0.4) is 0 Å². The van der Waals surface area contributed by atoms with Crippen molar-refractivity contribution < 1.29 is 36.2 Å². The molecule has 0 aromatic heterocycles. The molecule has 0 aliphatic carbocycles. The summed E-state index contributed by atoms with van der Waals surface area (Å²) < 4.78 is 83.6. The highest BCUT2D eigenvalue weighted by Gasteiger charge is 2.55. The van der Waals surface area contributed by atoms with Crippen molar-refractivity contribution in [3.63, 3.8) is 0 Å². The predicted octanol–water partition coefficient (Wildman–Crippen LogP) is 7.23. The Kier molecular flexibility index (Phi) is 7.38. The lowest BCUT2D eigenvalue weighted by Crippen LogP contribution is -2.44. The lowest BCUT2D eigenvalue weighted by molar-refractivity contribution is -0.274. The molecule has 3 nitrogen and oxygen atoms in total. The van der Waals surface area contributed by atoms with Gasteiger partial charge in [-0.15, -0.1) is 24.9 Å². The Morgan fingerprint density at radius 3 is 2.36 bits per heavy atom. The van der Waals surface area contributed by atoms with Gasteiger partial charge in [-0.25, -0.2) is 0 Å². The number of halogens is 6.